The van der Waals surface area contributed by atoms with Crippen LogP contribution in [0, 0.1) is 17.8 Å². The van der Waals surface area contributed by atoms with E-state index in [0.29, 0.717) is 37.6 Å². The zero-order chi connectivity index (χ0) is 23.0. The van der Waals surface area contributed by atoms with Gasteiger partial charge in [-0.05, 0) is 35.1 Å². The van der Waals surface area contributed by atoms with Gasteiger partial charge in [0.15, 0.2) is 5.78 Å². The maximum absolute atomic E-state index is 13.2. The number of benzene rings is 3. The molecule has 0 bridgehead atoms. The molecular formula is C28H28O5. The Hall–Kier alpha value is -3.28. The molecule has 1 aliphatic carbocycles. The monoisotopic (exact) mass is 444 g/mol. The second kappa shape index (κ2) is 11.0. The number of esters is 1. The van der Waals surface area contributed by atoms with Crippen LogP contribution < -0.4 is 0 Å². The van der Waals surface area contributed by atoms with Crippen LogP contribution in [0.25, 0.3) is 0 Å². The molecule has 0 N–H and O–H groups in total. The molecule has 5 heteroatoms. The third-order valence-electron chi connectivity index (χ3n) is 6.07. The largest absolute Gasteiger partial charge is 0.465 e. The Kier molecular flexibility index (Phi) is 7.66. The summed E-state index contributed by atoms with van der Waals surface area (Å²) in [6.07, 6.45) is 0. The molecule has 0 heterocycles. The second-order valence-corrected chi connectivity index (χ2v) is 8.29. The minimum Gasteiger partial charge on any atom is -0.465 e. The van der Waals surface area contributed by atoms with E-state index in [1.54, 1.807) is 24.3 Å². The molecule has 3 aromatic rings. The smallest absolute Gasteiger partial charge is 0.337 e. The average Bonchev–Trinajstić information content (AvgIpc) is 3.56. The Bertz CT molecular complexity index is 995. The molecule has 0 radical (unpaired) electrons. The topological polar surface area (TPSA) is 61.8 Å². The second-order valence-electron chi connectivity index (χ2n) is 8.29. The summed E-state index contributed by atoms with van der Waals surface area (Å²) in [6.45, 7) is 2.04. The molecule has 170 valence electrons. The molecule has 1 saturated carbocycles. The van der Waals surface area contributed by atoms with Crippen molar-refractivity contribution in [3.63, 3.8) is 0 Å². The van der Waals surface area contributed by atoms with Crippen LogP contribution in [0.1, 0.15) is 31.8 Å². The number of ketones is 1. The van der Waals surface area contributed by atoms with Crippen LogP contribution >= 0.6 is 0 Å². The zero-order valence-electron chi connectivity index (χ0n) is 18.7. The quantitative estimate of drug-likeness (QED) is 0.309. The molecule has 0 aromatic heterocycles. The maximum Gasteiger partial charge on any atom is 0.337 e. The van der Waals surface area contributed by atoms with Crippen LogP contribution in [0.5, 0.6) is 0 Å². The molecule has 4 rings (SSSR count). The van der Waals surface area contributed by atoms with Crippen molar-refractivity contribution in [2.75, 3.05) is 20.3 Å². The molecule has 0 spiro atoms. The summed E-state index contributed by atoms with van der Waals surface area (Å²) in [7, 11) is 1.34. The van der Waals surface area contributed by atoms with Crippen molar-refractivity contribution in [1.82, 2.24) is 0 Å². The van der Waals surface area contributed by atoms with Crippen LogP contribution in [-0.2, 0) is 27.4 Å². The van der Waals surface area contributed by atoms with E-state index in [0.717, 1.165) is 11.1 Å². The van der Waals surface area contributed by atoms with Gasteiger partial charge >= 0.3 is 5.97 Å². The highest BCUT2D eigenvalue weighted by molar-refractivity contribution is 6.01. The molecule has 1 aliphatic rings. The van der Waals surface area contributed by atoms with E-state index in [2.05, 4.69) is 0 Å². The van der Waals surface area contributed by atoms with Gasteiger partial charge in [0.1, 0.15) is 0 Å². The Morgan fingerprint density at radius 3 is 1.58 bits per heavy atom. The third kappa shape index (κ3) is 5.95. The fourth-order valence-corrected chi connectivity index (χ4v) is 4.14. The van der Waals surface area contributed by atoms with Crippen molar-refractivity contribution in [3.05, 3.63) is 107 Å². The predicted molar refractivity (Wildman–Crippen MR) is 125 cm³/mol. The SMILES string of the molecule is COC(=O)c1ccc(C(=O)C2[C@@H](COCc3ccccc3)[C@H]2COCc2ccccc2)cc1. The van der Waals surface area contributed by atoms with Crippen molar-refractivity contribution < 1.29 is 23.8 Å². The number of ether oxygens (including phenoxy) is 3. The minimum atomic E-state index is -0.417. The van der Waals surface area contributed by atoms with E-state index < -0.39 is 5.97 Å². The molecule has 0 saturated heterocycles. The zero-order valence-corrected chi connectivity index (χ0v) is 18.7. The summed E-state index contributed by atoms with van der Waals surface area (Å²) in [5, 5.41) is 0. The third-order valence-corrected chi connectivity index (χ3v) is 6.07. The van der Waals surface area contributed by atoms with Gasteiger partial charge in [-0.15, -0.1) is 0 Å². The molecule has 3 aromatic carbocycles. The van der Waals surface area contributed by atoms with Gasteiger partial charge in [-0.1, -0.05) is 72.8 Å². The summed E-state index contributed by atoms with van der Waals surface area (Å²) in [5.74, 6) is -0.289. The van der Waals surface area contributed by atoms with E-state index in [-0.39, 0.29) is 23.5 Å². The Labute approximate surface area is 194 Å². The normalized spacial score (nSPS) is 19.1. The number of rotatable bonds is 11. The van der Waals surface area contributed by atoms with Crippen LogP contribution in [0.2, 0.25) is 0 Å². The van der Waals surface area contributed by atoms with Gasteiger partial charge in [-0.3, -0.25) is 4.79 Å². The summed E-state index contributed by atoms with van der Waals surface area (Å²) in [5.41, 5.74) is 3.23. The molecule has 33 heavy (non-hydrogen) atoms. The fourth-order valence-electron chi connectivity index (χ4n) is 4.14. The van der Waals surface area contributed by atoms with E-state index in [4.69, 9.17) is 14.2 Å². The van der Waals surface area contributed by atoms with Gasteiger partial charge in [0, 0.05) is 11.5 Å². The number of methoxy groups -OCH3 is 1. The van der Waals surface area contributed by atoms with Crippen LogP contribution in [0.15, 0.2) is 84.9 Å². The lowest BCUT2D eigenvalue weighted by Gasteiger charge is -2.05. The highest BCUT2D eigenvalue weighted by Crippen LogP contribution is 2.48. The van der Waals surface area contributed by atoms with E-state index >= 15 is 0 Å². The molecule has 5 nitrogen and oxygen atoms in total. The first kappa shape index (κ1) is 22.9. The van der Waals surface area contributed by atoms with Crippen molar-refractivity contribution in [2.45, 2.75) is 13.2 Å². The molecule has 0 aliphatic heterocycles. The number of carbonyl (C=O) groups excluding carboxylic acids is 2. The number of hydrogen-bond donors (Lipinski definition) is 0. The lowest BCUT2D eigenvalue weighted by molar-refractivity contribution is 0.0600. The van der Waals surface area contributed by atoms with E-state index in [1.165, 1.54) is 7.11 Å². The maximum atomic E-state index is 13.2. The summed E-state index contributed by atoms with van der Waals surface area (Å²) in [6, 6.07) is 26.6. The van der Waals surface area contributed by atoms with Crippen molar-refractivity contribution in [2.24, 2.45) is 17.8 Å². The number of carbonyl (C=O) groups is 2. The van der Waals surface area contributed by atoms with Crippen LogP contribution in [0.3, 0.4) is 0 Å². The first-order valence-electron chi connectivity index (χ1n) is 11.1. The summed E-state index contributed by atoms with van der Waals surface area (Å²) < 4.78 is 16.6. The van der Waals surface area contributed by atoms with Gasteiger partial charge in [0.2, 0.25) is 0 Å². The average molecular weight is 445 g/mol. The summed E-state index contributed by atoms with van der Waals surface area (Å²) in [4.78, 5) is 24.9. The standard InChI is InChI=1S/C28H28O5/c1-31-28(30)23-14-12-22(13-15-23)27(29)26-24(18-32-16-20-8-4-2-5-9-20)25(26)19-33-17-21-10-6-3-7-11-21/h2-15,24-26H,16-19H2,1H3/t24-,25+,26?. The number of Topliss-reactive ketones (excluding diaryl/α,β-unsaturated/α-hetero) is 1. The lowest BCUT2D eigenvalue weighted by Crippen LogP contribution is -2.08. The van der Waals surface area contributed by atoms with Gasteiger partial charge in [-0.2, -0.15) is 0 Å². The lowest BCUT2D eigenvalue weighted by atomic mass is 10.0. The fraction of sp³-hybridized carbons (Fsp3) is 0.286. The minimum absolute atomic E-state index is 0.0630. The van der Waals surface area contributed by atoms with Crippen molar-refractivity contribution >= 4 is 11.8 Å². The van der Waals surface area contributed by atoms with E-state index in [9.17, 15) is 9.59 Å². The molecule has 1 unspecified atom stereocenters. The molecular weight excluding hydrogens is 416 g/mol. The molecule has 3 atom stereocenters. The van der Waals surface area contributed by atoms with Gasteiger partial charge in [0.05, 0.1) is 39.1 Å². The number of hydrogen-bond acceptors (Lipinski definition) is 5. The summed E-state index contributed by atoms with van der Waals surface area (Å²) >= 11 is 0. The first-order chi connectivity index (χ1) is 16.2. The van der Waals surface area contributed by atoms with Gasteiger partial charge in [0.25, 0.3) is 0 Å². The van der Waals surface area contributed by atoms with Crippen LogP contribution in [-0.4, -0.2) is 32.1 Å². The Morgan fingerprint density at radius 2 is 1.12 bits per heavy atom. The Morgan fingerprint density at radius 1 is 0.667 bits per heavy atom. The Balaban J connectivity index is 1.38. The van der Waals surface area contributed by atoms with Crippen molar-refractivity contribution in [1.29, 1.82) is 0 Å². The highest BCUT2D eigenvalue weighted by atomic mass is 16.5. The van der Waals surface area contributed by atoms with Crippen molar-refractivity contribution in [3.8, 4) is 0 Å². The molecule has 0 amide bonds. The molecule has 1 fully saturated rings. The van der Waals surface area contributed by atoms with E-state index in [1.807, 2.05) is 60.7 Å². The van der Waals surface area contributed by atoms with Gasteiger partial charge in [-0.25, -0.2) is 4.79 Å². The predicted octanol–water partition coefficient (Wildman–Crippen LogP) is 4.95. The van der Waals surface area contributed by atoms with Crippen LogP contribution in [0.4, 0.5) is 0 Å². The highest BCUT2D eigenvalue weighted by Gasteiger charge is 2.54. The first-order valence-corrected chi connectivity index (χ1v) is 11.1. The van der Waals surface area contributed by atoms with Gasteiger partial charge < -0.3 is 14.2 Å².